The van der Waals surface area contributed by atoms with E-state index in [0.29, 0.717) is 6.42 Å². The third kappa shape index (κ3) is 2.02. The number of carbonyl (C=O) groups is 1. The highest BCUT2D eigenvalue weighted by Gasteiger charge is 2.63. The van der Waals surface area contributed by atoms with Crippen LogP contribution in [0.2, 0.25) is 0 Å². The zero-order chi connectivity index (χ0) is 18.0. The number of benzene rings is 1. The maximum absolute atomic E-state index is 13.7. The van der Waals surface area contributed by atoms with Crippen molar-refractivity contribution in [2.75, 3.05) is 0 Å². The molecule has 2 fully saturated rings. The lowest BCUT2D eigenvalue weighted by atomic mass is 9.70. The molecule has 2 aliphatic rings. The van der Waals surface area contributed by atoms with E-state index in [2.05, 4.69) is 0 Å². The van der Waals surface area contributed by atoms with Gasteiger partial charge in [-0.15, -0.1) is 0 Å². The molecule has 0 amide bonds. The minimum absolute atomic E-state index is 0.131. The van der Waals surface area contributed by atoms with Gasteiger partial charge in [-0.3, -0.25) is 0 Å². The summed E-state index contributed by atoms with van der Waals surface area (Å²) < 4.78 is 72.3. The quantitative estimate of drug-likeness (QED) is 0.334. The predicted octanol–water partition coefficient (Wildman–Crippen LogP) is 4.75. The van der Waals surface area contributed by atoms with Gasteiger partial charge in [-0.25, -0.2) is 26.7 Å². The summed E-state index contributed by atoms with van der Waals surface area (Å²) in [6, 6.07) is 0. The molecule has 0 heterocycles. The molecule has 0 N–H and O–H groups in total. The van der Waals surface area contributed by atoms with Gasteiger partial charge in [-0.1, -0.05) is 20.8 Å². The van der Waals surface area contributed by atoms with Gasteiger partial charge in [0, 0.05) is 5.41 Å². The van der Waals surface area contributed by atoms with Crippen LogP contribution in [-0.2, 0) is 4.74 Å². The number of fused-ring (bicyclic) bond motifs is 2. The molecule has 24 heavy (non-hydrogen) atoms. The minimum Gasteiger partial charge on any atom is -0.458 e. The third-order valence-electron chi connectivity index (χ3n) is 6.38. The molecular formula is C17H17F5O2. The molecule has 3 unspecified atom stereocenters. The first-order valence-electron chi connectivity index (χ1n) is 7.74. The standard InChI is InChI=1S/C17H17F5O2/c1-16(2)7-4-5-17(16,3)8(6-7)24-15(23)9-10(18)12(20)14(22)13(21)11(9)19/h7-8H,4-6H2,1-3H3. The molecule has 0 radical (unpaired) electrons. The summed E-state index contributed by atoms with van der Waals surface area (Å²) in [5, 5.41) is 0. The molecule has 1 aromatic rings. The van der Waals surface area contributed by atoms with Crippen LogP contribution in [-0.4, -0.2) is 12.1 Å². The van der Waals surface area contributed by atoms with Crippen LogP contribution in [0.3, 0.4) is 0 Å². The second-order valence-corrected chi connectivity index (χ2v) is 7.45. The van der Waals surface area contributed by atoms with Crippen molar-refractivity contribution < 1.29 is 31.5 Å². The fourth-order valence-electron chi connectivity index (χ4n) is 4.28. The zero-order valence-electron chi connectivity index (χ0n) is 13.5. The number of rotatable bonds is 2. The van der Waals surface area contributed by atoms with E-state index in [1.165, 1.54) is 0 Å². The van der Waals surface area contributed by atoms with Gasteiger partial charge in [0.2, 0.25) is 5.82 Å². The maximum Gasteiger partial charge on any atom is 0.344 e. The van der Waals surface area contributed by atoms with Crippen LogP contribution in [0.15, 0.2) is 0 Å². The molecule has 1 aromatic carbocycles. The van der Waals surface area contributed by atoms with Gasteiger partial charge in [0.25, 0.3) is 0 Å². The number of ether oxygens (including phenoxy) is 1. The molecule has 0 spiro atoms. The first-order chi connectivity index (χ1) is 11.0. The molecule has 2 bridgehead atoms. The van der Waals surface area contributed by atoms with Crippen molar-refractivity contribution in [1.29, 1.82) is 0 Å². The Morgan fingerprint density at radius 3 is 1.88 bits per heavy atom. The van der Waals surface area contributed by atoms with E-state index in [0.717, 1.165) is 12.8 Å². The van der Waals surface area contributed by atoms with E-state index >= 15 is 0 Å². The lowest BCUT2D eigenvalue weighted by molar-refractivity contribution is -0.0251. The van der Waals surface area contributed by atoms with Crippen molar-refractivity contribution in [3.63, 3.8) is 0 Å². The fraction of sp³-hybridized carbons (Fsp3) is 0.588. The highest BCUT2D eigenvalue weighted by molar-refractivity contribution is 5.90. The molecule has 0 aromatic heterocycles. The maximum atomic E-state index is 13.7. The molecule has 0 aliphatic heterocycles. The summed E-state index contributed by atoms with van der Waals surface area (Å²) in [4.78, 5) is 12.1. The summed E-state index contributed by atoms with van der Waals surface area (Å²) >= 11 is 0. The van der Waals surface area contributed by atoms with Crippen LogP contribution in [0.25, 0.3) is 0 Å². The van der Waals surface area contributed by atoms with Gasteiger partial charge in [0.05, 0.1) is 0 Å². The predicted molar refractivity (Wildman–Crippen MR) is 74.7 cm³/mol. The Kier molecular flexibility index (Phi) is 3.70. The third-order valence-corrected chi connectivity index (χ3v) is 6.38. The van der Waals surface area contributed by atoms with E-state index in [4.69, 9.17) is 4.74 Å². The van der Waals surface area contributed by atoms with Gasteiger partial charge in [0.1, 0.15) is 11.7 Å². The first-order valence-corrected chi connectivity index (χ1v) is 7.74. The van der Waals surface area contributed by atoms with E-state index in [9.17, 15) is 26.7 Å². The average molecular weight is 348 g/mol. The van der Waals surface area contributed by atoms with Gasteiger partial charge in [0.15, 0.2) is 23.3 Å². The minimum atomic E-state index is -2.30. The van der Waals surface area contributed by atoms with E-state index in [1.807, 2.05) is 20.8 Å². The molecule has 2 aliphatic carbocycles. The van der Waals surface area contributed by atoms with Crippen molar-refractivity contribution in [2.24, 2.45) is 16.7 Å². The number of hydrogen-bond donors (Lipinski definition) is 0. The summed E-state index contributed by atoms with van der Waals surface area (Å²) in [5.41, 5.74) is -2.05. The van der Waals surface area contributed by atoms with E-state index < -0.39 is 52.1 Å². The van der Waals surface area contributed by atoms with Crippen molar-refractivity contribution in [3.05, 3.63) is 34.6 Å². The lowest BCUT2D eigenvalue weighted by Crippen LogP contribution is -2.38. The topological polar surface area (TPSA) is 26.3 Å². The highest BCUT2D eigenvalue weighted by atomic mass is 19.2. The molecular weight excluding hydrogens is 331 g/mol. The molecule has 7 heteroatoms. The van der Waals surface area contributed by atoms with E-state index in [-0.39, 0.29) is 11.3 Å². The average Bonchev–Trinajstić information content (AvgIpc) is 2.84. The lowest BCUT2D eigenvalue weighted by Gasteiger charge is -2.38. The fourth-order valence-corrected chi connectivity index (χ4v) is 4.28. The number of hydrogen-bond acceptors (Lipinski definition) is 2. The summed E-state index contributed by atoms with van der Waals surface area (Å²) in [6.07, 6.45) is 1.64. The molecule has 0 saturated heterocycles. The Bertz CT molecular complexity index is 701. The van der Waals surface area contributed by atoms with Crippen molar-refractivity contribution in [1.82, 2.24) is 0 Å². The van der Waals surface area contributed by atoms with Gasteiger partial charge in [-0.2, -0.15) is 0 Å². The molecule has 2 saturated carbocycles. The summed E-state index contributed by atoms with van der Waals surface area (Å²) in [7, 11) is 0. The van der Waals surface area contributed by atoms with Crippen molar-refractivity contribution >= 4 is 5.97 Å². The van der Waals surface area contributed by atoms with Gasteiger partial charge < -0.3 is 4.74 Å². The second-order valence-electron chi connectivity index (χ2n) is 7.45. The molecule has 132 valence electrons. The molecule has 3 rings (SSSR count). The van der Waals surface area contributed by atoms with Gasteiger partial charge in [-0.05, 0) is 30.6 Å². The zero-order valence-corrected chi connectivity index (χ0v) is 13.5. The van der Waals surface area contributed by atoms with Gasteiger partial charge >= 0.3 is 5.97 Å². The highest BCUT2D eigenvalue weighted by Crippen LogP contribution is 2.66. The van der Waals surface area contributed by atoms with Crippen LogP contribution >= 0.6 is 0 Å². The largest absolute Gasteiger partial charge is 0.458 e. The second kappa shape index (κ2) is 5.17. The summed E-state index contributed by atoms with van der Waals surface area (Å²) in [6.45, 7) is 6.00. The summed E-state index contributed by atoms with van der Waals surface area (Å²) in [5.74, 6) is -12.2. The molecule has 2 nitrogen and oxygen atoms in total. The number of halogens is 5. The number of carbonyl (C=O) groups excluding carboxylic acids is 1. The van der Waals surface area contributed by atoms with Crippen LogP contribution in [0.4, 0.5) is 22.0 Å². The van der Waals surface area contributed by atoms with Crippen LogP contribution < -0.4 is 0 Å². The SMILES string of the molecule is CC1(C)C2CCC1(C)C(OC(=O)c1c(F)c(F)c(F)c(F)c1F)C2. The van der Waals surface area contributed by atoms with Crippen molar-refractivity contribution in [3.8, 4) is 0 Å². The Labute approximate surface area is 136 Å². The normalized spacial score (nSPS) is 30.7. The van der Waals surface area contributed by atoms with Crippen LogP contribution in [0.1, 0.15) is 50.4 Å². The first kappa shape index (κ1) is 17.2. The van der Waals surface area contributed by atoms with E-state index in [1.54, 1.807) is 0 Å². The monoisotopic (exact) mass is 348 g/mol. The Hall–Kier alpha value is -1.66. The number of esters is 1. The Morgan fingerprint density at radius 1 is 0.958 bits per heavy atom. The van der Waals surface area contributed by atoms with Crippen LogP contribution in [0, 0.1) is 45.8 Å². The van der Waals surface area contributed by atoms with Crippen molar-refractivity contribution in [2.45, 2.75) is 46.1 Å². The molecule has 3 atom stereocenters. The smallest absolute Gasteiger partial charge is 0.344 e. The van der Waals surface area contributed by atoms with Crippen LogP contribution in [0.5, 0.6) is 0 Å². The Balaban J connectivity index is 1.93. The Morgan fingerprint density at radius 2 is 1.46 bits per heavy atom.